The van der Waals surface area contributed by atoms with Crippen molar-refractivity contribution in [2.24, 2.45) is 0 Å². The van der Waals surface area contributed by atoms with E-state index in [0.717, 1.165) is 4.90 Å². The molecule has 8 nitrogen and oxygen atoms in total. The van der Waals surface area contributed by atoms with E-state index < -0.39 is 17.9 Å². The van der Waals surface area contributed by atoms with Crippen LogP contribution in [0.2, 0.25) is 0 Å². The third-order valence-corrected chi connectivity index (χ3v) is 4.87. The van der Waals surface area contributed by atoms with E-state index in [1.165, 1.54) is 25.0 Å². The molecule has 0 radical (unpaired) electrons. The molecule has 1 N–H and O–H groups in total. The largest absolute Gasteiger partial charge is 0.497 e. The van der Waals surface area contributed by atoms with Crippen molar-refractivity contribution in [2.45, 2.75) is 19.4 Å². The molecule has 1 unspecified atom stereocenters. The molecule has 0 spiro atoms. The number of carbonyl (C=O) groups excluding carboxylic acids is 4. The molecule has 0 saturated carbocycles. The van der Waals surface area contributed by atoms with Crippen LogP contribution in [0.5, 0.6) is 5.75 Å². The second kappa shape index (κ2) is 9.25. The van der Waals surface area contributed by atoms with Gasteiger partial charge in [0.05, 0.1) is 19.2 Å². The van der Waals surface area contributed by atoms with Crippen LogP contribution in [0, 0.1) is 0 Å². The number of anilines is 2. The van der Waals surface area contributed by atoms with E-state index >= 15 is 0 Å². The van der Waals surface area contributed by atoms with Gasteiger partial charge >= 0.3 is 0 Å². The highest BCUT2D eigenvalue weighted by Crippen LogP contribution is 2.28. The van der Waals surface area contributed by atoms with Gasteiger partial charge in [-0.3, -0.25) is 19.2 Å². The standard InChI is InChI=1S/C23H23N3O5/c1-4-13-25(22(29)16-5-11-19(31-3)12-6-16)20-14-21(28)26(23(20)30)18-9-7-17(8-10-18)24-15(2)27/h4-12,20H,1,13-14H2,2-3H3,(H,24,27). The monoisotopic (exact) mass is 421 g/mol. The van der Waals surface area contributed by atoms with Gasteiger partial charge in [-0.05, 0) is 48.5 Å². The Balaban J connectivity index is 1.84. The van der Waals surface area contributed by atoms with E-state index in [1.807, 2.05) is 0 Å². The Kier molecular flexibility index (Phi) is 6.49. The SMILES string of the molecule is C=CCN(C(=O)c1ccc(OC)cc1)C1CC(=O)N(c2ccc(NC(C)=O)cc2)C1=O. The molecule has 2 aromatic carbocycles. The van der Waals surface area contributed by atoms with Crippen LogP contribution in [0.15, 0.2) is 61.2 Å². The molecular weight excluding hydrogens is 398 g/mol. The summed E-state index contributed by atoms with van der Waals surface area (Å²) in [5.41, 5.74) is 1.30. The van der Waals surface area contributed by atoms with Crippen molar-refractivity contribution in [3.63, 3.8) is 0 Å². The summed E-state index contributed by atoms with van der Waals surface area (Å²) in [6.07, 6.45) is 1.39. The molecule has 0 aromatic heterocycles. The Hall–Kier alpha value is -3.94. The van der Waals surface area contributed by atoms with Gasteiger partial charge in [-0.1, -0.05) is 6.08 Å². The topological polar surface area (TPSA) is 96.0 Å². The lowest BCUT2D eigenvalue weighted by molar-refractivity contribution is -0.122. The van der Waals surface area contributed by atoms with Crippen molar-refractivity contribution in [1.82, 2.24) is 4.90 Å². The van der Waals surface area contributed by atoms with Crippen LogP contribution in [0.4, 0.5) is 11.4 Å². The molecule has 1 aliphatic rings. The number of nitrogens with one attached hydrogen (secondary N) is 1. The van der Waals surface area contributed by atoms with E-state index in [-0.39, 0.29) is 24.8 Å². The van der Waals surface area contributed by atoms with Crippen molar-refractivity contribution in [2.75, 3.05) is 23.9 Å². The molecule has 1 heterocycles. The molecule has 1 aliphatic heterocycles. The van der Waals surface area contributed by atoms with Gasteiger partial charge in [-0.15, -0.1) is 6.58 Å². The zero-order valence-electron chi connectivity index (χ0n) is 17.3. The number of hydrogen-bond donors (Lipinski definition) is 1. The summed E-state index contributed by atoms with van der Waals surface area (Å²) < 4.78 is 5.11. The predicted molar refractivity (Wildman–Crippen MR) is 116 cm³/mol. The molecule has 0 bridgehead atoms. The number of methoxy groups -OCH3 is 1. The molecule has 4 amide bonds. The van der Waals surface area contributed by atoms with Gasteiger partial charge in [-0.2, -0.15) is 0 Å². The summed E-state index contributed by atoms with van der Waals surface area (Å²) in [4.78, 5) is 52.5. The summed E-state index contributed by atoms with van der Waals surface area (Å²) in [5.74, 6) is -0.887. The van der Waals surface area contributed by atoms with Crippen LogP contribution in [0.3, 0.4) is 0 Å². The van der Waals surface area contributed by atoms with Gasteiger partial charge in [0.25, 0.3) is 11.8 Å². The third-order valence-electron chi connectivity index (χ3n) is 4.87. The Morgan fingerprint density at radius 1 is 1.16 bits per heavy atom. The van der Waals surface area contributed by atoms with Crippen molar-refractivity contribution >= 4 is 35.0 Å². The molecule has 160 valence electrons. The quantitative estimate of drug-likeness (QED) is 0.548. The predicted octanol–water partition coefficient (Wildman–Crippen LogP) is 2.61. The average molecular weight is 421 g/mol. The first kappa shape index (κ1) is 21.8. The maximum atomic E-state index is 13.1. The molecule has 1 atom stereocenters. The number of rotatable bonds is 7. The molecule has 31 heavy (non-hydrogen) atoms. The summed E-state index contributed by atoms with van der Waals surface area (Å²) in [6.45, 7) is 5.18. The molecule has 8 heteroatoms. The zero-order chi connectivity index (χ0) is 22.5. The molecule has 3 rings (SSSR count). The van der Waals surface area contributed by atoms with Crippen LogP contribution >= 0.6 is 0 Å². The fourth-order valence-electron chi connectivity index (χ4n) is 3.42. The highest BCUT2D eigenvalue weighted by Gasteiger charge is 2.44. The minimum Gasteiger partial charge on any atom is -0.497 e. The minimum absolute atomic E-state index is 0.115. The number of nitrogens with zero attached hydrogens (tertiary/aromatic N) is 2. The van der Waals surface area contributed by atoms with Gasteiger partial charge in [-0.25, -0.2) is 4.90 Å². The maximum Gasteiger partial charge on any atom is 0.257 e. The van der Waals surface area contributed by atoms with Gasteiger partial charge in [0, 0.05) is 24.7 Å². The third kappa shape index (κ3) is 4.63. The number of imide groups is 1. The number of carbonyl (C=O) groups is 4. The average Bonchev–Trinajstić information content (AvgIpc) is 3.05. The lowest BCUT2D eigenvalue weighted by atomic mass is 10.1. The number of ether oxygens (including phenoxy) is 1. The van der Waals surface area contributed by atoms with E-state index in [1.54, 1.807) is 48.5 Å². The fraction of sp³-hybridized carbons (Fsp3) is 0.217. The van der Waals surface area contributed by atoms with Crippen molar-refractivity contribution in [1.29, 1.82) is 0 Å². The van der Waals surface area contributed by atoms with Gasteiger partial charge in [0.2, 0.25) is 11.8 Å². The highest BCUT2D eigenvalue weighted by molar-refractivity contribution is 6.23. The molecule has 1 saturated heterocycles. The molecule has 2 aromatic rings. The Morgan fingerprint density at radius 2 is 1.81 bits per heavy atom. The van der Waals surface area contributed by atoms with Crippen LogP contribution in [-0.4, -0.2) is 48.2 Å². The van der Waals surface area contributed by atoms with Crippen LogP contribution < -0.4 is 15.0 Å². The first-order valence-corrected chi connectivity index (χ1v) is 9.66. The lowest BCUT2D eigenvalue weighted by Crippen LogP contribution is -2.45. The summed E-state index contributed by atoms with van der Waals surface area (Å²) in [7, 11) is 1.53. The minimum atomic E-state index is -0.935. The Morgan fingerprint density at radius 3 is 2.35 bits per heavy atom. The Labute approximate surface area is 180 Å². The van der Waals surface area contributed by atoms with Crippen molar-refractivity contribution in [3.8, 4) is 5.75 Å². The van der Waals surface area contributed by atoms with Gasteiger partial charge in [0.15, 0.2) is 0 Å². The smallest absolute Gasteiger partial charge is 0.257 e. The lowest BCUT2D eigenvalue weighted by Gasteiger charge is -2.26. The number of hydrogen-bond acceptors (Lipinski definition) is 5. The highest BCUT2D eigenvalue weighted by atomic mass is 16.5. The van der Waals surface area contributed by atoms with Crippen molar-refractivity contribution < 1.29 is 23.9 Å². The van der Waals surface area contributed by atoms with E-state index in [4.69, 9.17) is 4.74 Å². The Bertz CT molecular complexity index is 1010. The van der Waals surface area contributed by atoms with E-state index in [9.17, 15) is 19.2 Å². The molecular formula is C23H23N3O5. The second-order valence-electron chi connectivity index (χ2n) is 6.99. The van der Waals surface area contributed by atoms with Gasteiger partial charge in [0.1, 0.15) is 11.8 Å². The van der Waals surface area contributed by atoms with Crippen LogP contribution in [0.1, 0.15) is 23.7 Å². The maximum absolute atomic E-state index is 13.1. The van der Waals surface area contributed by atoms with E-state index in [0.29, 0.717) is 22.7 Å². The zero-order valence-corrected chi connectivity index (χ0v) is 17.3. The number of amides is 4. The van der Waals surface area contributed by atoms with Crippen molar-refractivity contribution in [3.05, 3.63) is 66.7 Å². The normalized spacial score (nSPS) is 15.5. The molecule has 1 fully saturated rings. The van der Waals surface area contributed by atoms with Crippen LogP contribution in [-0.2, 0) is 14.4 Å². The summed E-state index contributed by atoms with van der Waals surface area (Å²) in [5, 5.41) is 2.63. The molecule has 0 aliphatic carbocycles. The van der Waals surface area contributed by atoms with E-state index in [2.05, 4.69) is 11.9 Å². The second-order valence-corrected chi connectivity index (χ2v) is 6.99. The first-order valence-electron chi connectivity index (χ1n) is 9.66. The summed E-state index contributed by atoms with van der Waals surface area (Å²) in [6, 6.07) is 12.0. The first-order chi connectivity index (χ1) is 14.8. The van der Waals surface area contributed by atoms with Crippen LogP contribution in [0.25, 0.3) is 0 Å². The number of benzene rings is 2. The van der Waals surface area contributed by atoms with Gasteiger partial charge < -0.3 is 15.0 Å². The fourth-order valence-corrected chi connectivity index (χ4v) is 3.42. The summed E-state index contributed by atoms with van der Waals surface area (Å²) >= 11 is 0.